The Labute approximate surface area is 190 Å². The molecule has 0 unspecified atom stereocenters. The van der Waals surface area contributed by atoms with Gasteiger partial charge in [-0.1, -0.05) is 17.4 Å². The highest BCUT2D eigenvalue weighted by atomic mass is 32.2. The minimum Gasteiger partial charge on any atom is -0.497 e. The molecule has 2 heterocycles. The van der Waals surface area contributed by atoms with Crippen molar-refractivity contribution >= 4 is 42.4 Å². The summed E-state index contributed by atoms with van der Waals surface area (Å²) >= 11 is 1.39. The van der Waals surface area contributed by atoms with E-state index in [2.05, 4.69) is 9.97 Å². The van der Waals surface area contributed by atoms with Gasteiger partial charge in [0.1, 0.15) is 5.75 Å². The average Bonchev–Trinajstić information content (AvgIpc) is 3.45. The maximum atomic E-state index is 13.5. The number of methoxy groups -OCH3 is 1. The number of thiazole rings is 1. The third kappa shape index (κ3) is 4.81. The van der Waals surface area contributed by atoms with Crippen LogP contribution in [0.15, 0.2) is 66.1 Å². The minimum absolute atomic E-state index is 0.107. The largest absolute Gasteiger partial charge is 0.497 e. The molecule has 0 saturated carbocycles. The maximum absolute atomic E-state index is 13.5. The van der Waals surface area contributed by atoms with E-state index >= 15 is 0 Å². The van der Waals surface area contributed by atoms with E-state index in [4.69, 9.17) is 4.74 Å². The zero-order valence-electron chi connectivity index (χ0n) is 17.6. The molecule has 0 N–H and O–H groups in total. The number of hydrogen-bond acceptors (Lipinski definition) is 7. The number of nitrogens with zero attached hydrogens (tertiary/aromatic N) is 4. The molecule has 0 radical (unpaired) electrons. The zero-order valence-corrected chi connectivity index (χ0v) is 19.3. The third-order valence-corrected chi connectivity index (χ3v) is 7.08. The first-order valence-corrected chi connectivity index (χ1v) is 12.6. The molecule has 0 bridgehead atoms. The van der Waals surface area contributed by atoms with Crippen LogP contribution in [0.1, 0.15) is 16.8 Å². The SMILES string of the molecule is COc1ccc2nc(N(CCCn3ccnc3)C(=O)c3cccc(S(C)(=O)=O)c3)sc2c1. The summed E-state index contributed by atoms with van der Waals surface area (Å²) in [5.41, 5.74) is 1.07. The van der Waals surface area contributed by atoms with Crippen LogP contribution in [0.5, 0.6) is 5.75 Å². The van der Waals surface area contributed by atoms with Crippen LogP contribution in [0.25, 0.3) is 10.2 Å². The second-order valence-corrected chi connectivity index (χ2v) is 10.3. The van der Waals surface area contributed by atoms with Crippen molar-refractivity contribution in [1.82, 2.24) is 14.5 Å². The van der Waals surface area contributed by atoms with Crippen LogP contribution in [0.3, 0.4) is 0 Å². The number of sulfone groups is 1. The van der Waals surface area contributed by atoms with Crippen LogP contribution in [-0.2, 0) is 16.4 Å². The van der Waals surface area contributed by atoms with Crippen molar-refractivity contribution in [3.05, 3.63) is 66.7 Å². The van der Waals surface area contributed by atoms with Crippen LogP contribution >= 0.6 is 11.3 Å². The van der Waals surface area contributed by atoms with E-state index in [9.17, 15) is 13.2 Å². The molecule has 1 amide bonds. The van der Waals surface area contributed by atoms with Crippen molar-refractivity contribution in [1.29, 1.82) is 0 Å². The van der Waals surface area contributed by atoms with E-state index in [0.29, 0.717) is 36.0 Å². The Morgan fingerprint density at radius 3 is 2.78 bits per heavy atom. The number of benzene rings is 2. The van der Waals surface area contributed by atoms with E-state index in [-0.39, 0.29) is 10.8 Å². The number of fused-ring (bicyclic) bond motifs is 1. The fourth-order valence-corrected chi connectivity index (χ4v) is 4.95. The molecule has 0 aliphatic heterocycles. The summed E-state index contributed by atoms with van der Waals surface area (Å²) in [5.74, 6) is 0.415. The molecule has 8 nitrogen and oxygen atoms in total. The van der Waals surface area contributed by atoms with Crippen molar-refractivity contribution in [2.24, 2.45) is 0 Å². The van der Waals surface area contributed by atoms with Gasteiger partial charge in [0.25, 0.3) is 5.91 Å². The first kappa shape index (κ1) is 22.0. The summed E-state index contributed by atoms with van der Waals surface area (Å²) in [5, 5.41) is 0.550. The number of rotatable bonds is 8. The predicted octanol–water partition coefficient (Wildman–Crippen LogP) is 3.64. The zero-order chi connectivity index (χ0) is 22.7. The Balaban J connectivity index is 1.67. The number of ether oxygens (including phenoxy) is 1. The van der Waals surface area contributed by atoms with Gasteiger partial charge in [0.15, 0.2) is 15.0 Å². The van der Waals surface area contributed by atoms with Crippen LogP contribution in [-0.4, -0.2) is 48.8 Å². The van der Waals surface area contributed by atoms with Gasteiger partial charge in [0.05, 0.1) is 28.5 Å². The molecule has 32 heavy (non-hydrogen) atoms. The smallest absolute Gasteiger partial charge is 0.260 e. The molecule has 2 aromatic carbocycles. The molecule has 0 aliphatic rings. The number of imidazole rings is 1. The molecule has 10 heteroatoms. The second kappa shape index (κ2) is 9.09. The normalized spacial score (nSPS) is 11.6. The highest BCUT2D eigenvalue weighted by Crippen LogP contribution is 2.32. The Hall–Kier alpha value is -3.24. The lowest BCUT2D eigenvalue weighted by Gasteiger charge is -2.20. The van der Waals surface area contributed by atoms with Gasteiger partial charge in [-0.15, -0.1) is 0 Å². The van der Waals surface area contributed by atoms with Gasteiger partial charge < -0.3 is 9.30 Å². The molecule has 166 valence electrons. The number of anilines is 1. The molecule has 4 rings (SSSR count). The summed E-state index contributed by atoms with van der Waals surface area (Å²) < 4.78 is 32.1. The van der Waals surface area contributed by atoms with Gasteiger partial charge in [-0.25, -0.2) is 18.4 Å². The first-order valence-electron chi connectivity index (χ1n) is 9.87. The fraction of sp³-hybridized carbons (Fsp3) is 0.227. The number of carbonyl (C=O) groups excluding carboxylic acids is 1. The fourth-order valence-electron chi connectivity index (χ4n) is 3.27. The average molecular weight is 471 g/mol. The molecule has 0 atom stereocenters. The van der Waals surface area contributed by atoms with Crippen LogP contribution in [0.2, 0.25) is 0 Å². The summed E-state index contributed by atoms with van der Waals surface area (Å²) in [6.45, 7) is 1.10. The summed E-state index contributed by atoms with van der Waals surface area (Å²) in [4.78, 5) is 23.9. The lowest BCUT2D eigenvalue weighted by Crippen LogP contribution is -2.32. The standard InChI is InChI=1S/C22H22N4O4S2/c1-30-17-7-8-19-20(14-17)31-22(24-19)26(11-4-10-25-12-9-23-15-25)21(27)16-5-3-6-18(13-16)32(2,28)29/h3,5-9,12-15H,4,10-11H2,1-2H3. The van der Waals surface area contributed by atoms with Crippen LogP contribution < -0.4 is 9.64 Å². The number of hydrogen-bond donors (Lipinski definition) is 0. The number of aryl methyl sites for hydroxylation is 1. The third-order valence-electron chi connectivity index (χ3n) is 4.93. The highest BCUT2D eigenvalue weighted by molar-refractivity contribution is 7.90. The van der Waals surface area contributed by atoms with Gasteiger partial charge in [-0.3, -0.25) is 9.69 Å². The Morgan fingerprint density at radius 1 is 1.22 bits per heavy atom. The summed E-state index contributed by atoms with van der Waals surface area (Å²) in [6.07, 6.45) is 7.10. The van der Waals surface area contributed by atoms with Gasteiger partial charge in [0, 0.05) is 37.3 Å². The van der Waals surface area contributed by atoms with E-state index in [1.165, 1.54) is 23.5 Å². The summed E-state index contributed by atoms with van der Waals surface area (Å²) in [6, 6.07) is 11.7. The minimum atomic E-state index is -3.43. The van der Waals surface area contributed by atoms with Crippen molar-refractivity contribution < 1.29 is 17.9 Å². The molecular formula is C22H22N4O4S2. The highest BCUT2D eigenvalue weighted by Gasteiger charge is 2.22. The monoisotopic (exact) mass is 470 g/mol. The molecule has 0 fully saturated rings. The molecular weight excluding hydrogens is 448 g/mol. The topological polar surface area (TPSA) is 94.4 Å². The van der Waals surface area contributed by atoms with E-state index in [0.717, 1.165) is 16.5 Å². The van der Waals surface area contributed by atoms with Crippen LogP contribution in [0, 0.1) is 0 Å². The first-order chi connectivity index (χ1) is 15.3. The van der Waals surface area contributed by atoms with Crippen molar-refractivity contribution in [3.63, 3.8) is 0 Å². The van der Waals surface area contributed by atoms with E-state index in [1.54, 1.807) is 36.7 Å². The molecule has 2 aromatic heterocycles. The van der Waals surface area contributed by atoms with Gasteiger partial charge in [-0.05, 0) is 42.8 Å². The molecule has 0 aliphatic carbocycles. The Kier molecular flexibility index (Phi) is 6.24. The van der Waals surface area contributed by atoms with Crippen molar-refractivity contribution in [2.45, 2.75) is 17.9 Å². The molecule has 4 aromatic rings. The molecule has 0 saturated heterocycles. The lowest BCUT2D eigenvalue weighted by atomic mass is 10.2. The van der Waals surface area contributed by atoms with E-state index < -0.39 is 9.84 Å². The van der Waals surface area contributed by atoms with E-state index in [1.807, 2.05) is 29.0 Å². The number of carbonyl (C=O) groups is 1. The molecule has 0 spiro atoms. The summed E-state index contributed by atoms with van der Waals surface area (Å²) in [7, 11) is -1.83. The van der Waals surface area contributed by atoms with Crippen LogP contribution in [0.4, 0.5) is 5.13 Å². The number of amides is 1. The van der Waals surface area contributed by atoms with Gasteiger partial charge in [0.2, 0.25) is 0 Å². The second-order valence-electron chi connectivity index (χ2n) is 7.24. The lowest BCUT2D eigenvalue weighted by molar-refractivity contribution is 0.0986. The Morgan fingerprint density at radius 2 is 2.06 bits per heavy atom. The Bertz CT molecular complexity index is 1350. The maximum Gasteiger partial charge on any atom is 0.260 e. The van der Waals surface area contributed by atoms with Gasteiger partial charge in [-0.2, -0.15) is 0 Å². The predicted molar refractivity (Wildman–Crippen MR) is 124 cm³/mol. The van der Waals surface area contributed by atoms with Gasteiger partial charge >= 0.3 is 0 Å². The van der Waals surface area contributed by atoms with Crippen molar-refractivity contribution in [2.75, 3.05) is 24.8 Å². The quantitative estimate of drug-likeness (QED) is 0.390. The van der Waals surface area contributed by atoms with Crippen molar-refractivity contribution in [3.8, 4) is 5.75 Å². The number of aromatic nitrogens is 3.